The summed E-state index contributed by atoms with van der Waals surface area (Å²) in [5.41, 5.74) is 5.04. The number of aromatic amines is 1. The van der Waals surface area contributed by atoms with Crippen molar-refractivity contribution in [2.75, 3.05) is 18.0 Å². The van der Waals surface area contributed by atoms with Crippen LogP contribution in [-0.2, 0) is 13.1 Å². The van der Waals surface area contributed by atoms with E-state index in [2.05, 4.69) is 44.0 Å². The maximum absolute atomic E-state index is 11.9. The molecular formula is C19H22N6O. The average Bonchev–Trinajstić information content (AvgIpc) is 3.03. The topological polar surface area (TPSA) is 85.9 Å². The zero-order valence-corrected chi connectivity index (χ0v) is 14.7. The zero-order valence-electron chi connectivity index (χ0n) is 14.7. The van der Waals surface area contributed by atoms with Gasteiger partial charge >= 0.3 is 6.03 Å². The highest BCUT2D eigenvalue weighted by Crippen LogP contribution is 2.18. The molecule has 3 N–H and O–H groups in total. The second-order valence-electron chi connectivity index (χ2n) is 6.57. The number of aryl methyl sites for hydroxylation is 1. The monoisotopic (exact) mass is 350 g/mol. The maximum Gasteiger partial charge on any atom is 0.321 e. The predicted octanol–water partition coefficient (Wildman–Crippen LogP) is 2.48. The van der Waals surface area contributed by atoms with Crippen molar-refractivity contribution in [1.29, 1.82) is 0 Å². The predicted molar refractivity (Wildman–Crippen MR) is 101 cm³/mol. The van der Waals surface area contributed by atoms with Crippen molar-refractivity contribution in [3.05, 3.63) is 53.3 Å². The fourth-order valence-electron chi connectivity index (χ4n) is 3.18. The summed E-state index contributed by atoms with van der Waals surface area (Å²) in [6.45, 7) is 5.03. The summed E-state index contributed by atoms with van der Waals surface area (Å²) < 4.78 is 0. The number of benzene rings is 1. The molecule has 0 saturated carbocycles. The summed E-state index contributed by atoms with van der Waals surface area (Å²) in [6, 6.07) is 10.2. The van der Waals surface area contributed by atoms with Crippen LogP contribution in [0.4, 0.5) is 10.5 Å². The number of hydrogen-bond acceptors (Lipinski definition) is 4. The van der Waals surface area contributed by atoms with E-state index >= 15 is 0 Å². The molecule has 0 unspecified atom stereocenters. The van der Waals surface area contributed by atoms with Crippen molar-refractivity contribution in [1.82, 2.24) is 25.8 Å². The lowest BCUT2D eigenvalue weighted by atomic mass is 10.1. The van der Waals surface area contributed by atoms with Crippen LogP contribution in [0, 0.1) is 6.92 Å². The number of carbonyl (C=O) groups is 1. The van der Waals surface area contributed by atoms with Crippen LogP contribution in [0.5, 0.6) is 0 Å². The molecule has 1 saturated heterocycles. The van der Waals surface area contributed by atoms with Gasteiger partial charge in [-0.25, -0.2) is 9.78 Å². The molecule has 26 heavy (non-hydrogen) atoms. The Labute approximate surface area is 151 Å². The van der Waals surface area contributed by atoms with Gasteiger partial charge in [0.1, 0.15) is 0 Å². The number of carbonyl (C=O) groups excluding carboxylic acids is 1. The minimum atomic E-state index is -0.0143. The van der Waals surface area contributed by atoms with Gasteiger partial charge in [0, 0.05) is 49.1 Å². The summed E-state index contributed by atoms with van der Waals surface area (Å²) in [5, 5.41) is 14.5. The van der Waals surface area contributed by atoms with Crippen molar-refractivity contribution in [3.8, 4) is 0 Å². The highest BCUT2D eigenvalue weighted by Gasteiger charge is 2.18. The molecule has 2 amide bonds. The molecule has 134 valence electrons. The third kappa shape index (κ3) is 3.39. The van der Waals surface area contributed by atoms with Crippen LogP contribution in [0.3, 0.4) is 0 Å². The first-order chi connectivity index (χ1) is 12.7. The molecule has 3 aromatic rings. The number of aromatic nitrogens is 3. The summed E-state index contributed by atoms with van der Waals surface area (Å²) in [4.78, 5) is 18.1. The van der Waals surface area contributed by atoms with E-state index in [1.807, 2.05) is 25.3 Å². The molecule has 1 aliphatic rings. The number of nitrogens with one attached hydrogen (secondary N) is 3. The van der Waals surface area contributed by atoms with Crippen molar-refractivity contribution in [3.63, 3.8) is 0 Å². The molecule has 1 aromatic carbocycles. The quantitative estimate of drug-likeness (QED) is 0.660. The number of nitrogens with zero attached hydrogens (tertiary/aromatic N) is 3. The maximum atomic E-state index is 11.9. The highest BCUT2D eigenvalue weighted by molar-refractivity contribution is 5.92. The van der Waals surface area contributed by atoms with E-state index in [9.17, 15) is 4.79 Å². The number of fused-ring (bicyclic) bond motifs is 1. The van der Waals surface area contributed by atoms with Gasteiger partial charge in [0.05, 0.1) is 0 Å². The molecule has 0 bridgehead atoms. The van der Waals surface area contributed by atoms with Gasteiger partial charge in [-0.15, -0.1) is 0 Å². The Morgan fingerprint density at radius 2 is 2.00 bits per heavy atom. The molecule has 1 aliphatic heterocycles. The van der Waals surface area contributed by atoms with Crippen LogP contribution >= 0.6 is 0 Å². The number of amides is 2. The van der Waals surface area contributed by atoms with E-state index in [4.69, 9.17) is 0 Å². The number of anilines is 1. The largest absolute Gasteiger partial charge is 0.338 e. The lowest BCUT2D eigenvalue weighted by molar-refractivity contribution is 0.243. The van der Waals surface area contributed by atoms with E-state index in [-0.39, 0.29) is 6.03 Å². The summed E-state index contributed by atoms with van der Waals surface area (Å²) in [6.07, 6.45) is 2.83. The summed E-state index contributed by atoms with van der Waals surface area (Å²) in [5.74, 6) is 0. The molecule has 0 aliphatic carbocycles. The first-order valence-electron chi connectivity index (χ1n) is 8.85. The average molecular weight is 350 g/mol. The van der Waals surface area contributed by atoms with Crippen LogP contribution < -0.4 is 15.5 Å². The van der Waals surface area contributed by atoms with Gasteiger partial charge in [0.25, 0.3) is 0 Å². The summed E-state index contributed by atoms with van der Waals surface area (Å²) in [7, 11) is 0. The summed E-state index contributed by atoms with van der Waals surface area (Å²) >= 11 is 0. The molecule has 7 nitrogen and oxygen atoms in total. The number of pyridine rings is 1. The van der Waals surface area contributed by atoms with Crippen molar-refractivity contribution < 1.29 is 4.79 Å². The molecule has 0 radical (unpaired) electrons. The van der Waals surface area contributed by atoms with Gasteiger partial charge in [-0.2, -0.15) is 5.10 Å². The molecular weight excluding hydrogens is 328 g/mol. The smallest absolute Gasteiger partial charge is 0.321 e. The van der Waals surface area contributed by atoms with Crippen LogP contribution in [0.1, 0.15) is 23.2 Å². The fraction of sp³-hybridized carbons (Fsp3) is 0.316. The third-order valence-corrected chi connectivity index (χ3v) is 4.64. The van der Waals surface area contributed by atoms with Gasteiger partial charge in [-0.05, 0) is 42.7 Å². The van der Waals surface area contributed by atoms with Crippen LogP contribution in [0.15, 0.2) is 36.5 Å². The third-order valence-electron chi connectivity index (χ3n) is 4.64. The standard InChI is InChI=1S/C19H22N6O/c1-13-17-9-15(12-22-18(17)24-23-13)11-20-10-14-3-5-16(6-4-14)25-8-2-7-21-19(25)26/h3-6,9,12,20H,2,7-8,10-11H2,1H3,(H,21,26)(H,22,23,24). The molecule has 0 spiro atoms. The molecule has 4 rings (SSSR count). The Balaban J connectivity index is 1.35. The van der Waals surface area contributed by atoms with Gasteiger partial charge in [0.15, 0.2) is 5.65 Å². The van der Waals surface area contributed by atoms with Crippen LogP contribution in [0.25, 0.3) is 11.0 Å². The Hall–Kier alpha value is -2.93. The number of rotatable bonds is 5. The Morgan fingerprint density at radius 3 is 2.81 bits per heavy atom. The van der Waals surface area contributed by atoms with Crippen molar-refractivity contribution in [2.45, 2.75) is 26.4 Å². The van der Waals surface area contributed by atoms with Crippen LogP contribution in [-0.4, -0.2) is 34.3 Å². The van der Waals surface area contributed by atoms with E-state index in [1.165, 1.54) is 5.56 Å². The number of H-pyrrole nitrogens is 1. The number of urea groups is 1. The normalized spacial score (nSPS) is 14.7. The van der Waals surface area contributed by atoms with E-state index < -0.39 is 0 Å². The highest BCUT2D eigenvalue weighted by atomic mass is 16.2. The second kappa shape index (κ2) is 7.13. The minimum Gasteiger partial charge on any atom is -0.338 e. The fourth-order valence-corrected chi connectivity index (χ4v) is 3.18. The van der Waals surface area contributed by atoms with E-state index in [0.717, 1.165) is 60.6 Å². The lowest BCUT2D eigenvalue weighted by Crippen LogP contribution is -2.46. The Kier molecular flexibility index (Phi) is 4.53. The Bertz CT molecular complexity index is 917. The van der Waals surface area contributed by atoms with Gasteiger partial charge in [-0.3, -0.25) is 10.00 Å². The second-order valence-corrected chi connectivity index (χ2v) is 6.57. The number of hydrogen-bond donors (Lipinski definition) is 3. The van der Waals surface area contributed by atoms with Gasteiger partial charge in [-0.1, -0.05) is 12.1 Å². The van der Waals surface area contributed by atoms with Gasteiger partial charge < -0.3 is 10.6 Å². The molecule has 0 atom stereocenters. The molecule has 3 heterocycles. The van der Waals surface area contributed by atoms with E-state index in [1.54, 1.807) is 4.90 Å². The van der Waals surface area contributed by atoms with Crippen molar-refractivity contribution in [2.24, 2.45) is 0 Å². The minimum absolute atomic E-state index is 0.0143. The van der Waals surface area contributed by atoms with Gasteiger partial charge in [0.2, 0.25) is 0 Å². The molecule has 1 fully saturated rings. The first kappa shape index (κ1) is 16.5. The van der Waals surface area contributed by atoms with Crippen molar-refractivity contribution >= 4 is 22.8 Å². The Morgan fingerprint density at radius 1 is 1.19 bits per heavy atom. The van der Waals surface area contributed by atoms with Crippen LogP contribution in [0.2, 0.25) is 0 Å². The molecule has 2 aromatic heterocycles. The van der Waals surface area contributed by atoms with E-state index in [0.29, 0.717) is 0 Å². The molecule has 7 heteroatoms. The zero-order chi connectivity index (χ0) is 17.9. The SMILES string of the molecule is Cc1[nH]nc2ncc(CNCc3ccc(N4CCCNC4=O)cc3)cc12. The lowest BCUT2D eigenvalue weighted by Gasteiger charge is -2.27. The first-order valence-corrected chi connectivity index (χ1v) is 8.85.